The standard InChI is InChI=1S/C18H24N2O/c1-13-7-6-10-20(11-13)12-16-14(2)19(3)17-9-5-4-8-15(17)18(16)21/h4-5,8-9,13H,6-7,10-12H2,1-3H3. The maximum absolute atomic E-state index is 12.8. The molecule has 0 saturated carbocycles. The first-order chi connectivity index (χ1) is 10.1. The van der Waals surface area contributed by atoms with Crippen LogP contribution in [-0.2, 0) is 13.6 Å². The number of nitrogens with zero attached hydrogens (tertiary/aromatic N) is 2. The van der Waals surface area contributed by atoms with Crippen LogP contribution in [0.15, 0.2) is 29.1 Å². The van der Waals surface area contributed by atoms with Gasteiger partial charge in [0, 0.05) is 36.8 Å². The number of aromatic nitrogens is 1. The van der Waals surface area contributed by atoms with Crippen molar-refractivity contribution in [1.82, 2.24) is 9.47 Å². The van der Waals surface area contributed by atoms with Gasteiger partial charge in [0.1, 0.15) is 0 Å². The summed E-state index contributed by atoms with van der Waals surface area (Å²) in [6, 6.07) is 7.91. The molecule has 1 aromatic heterocycles. The zero-order valence-electron chi connectivity index (χ0n) is 13.2. The van der Waals surface area contributed by atoms with Crippen LogP contribution in [0.25, 0.3) is 10.9 Å². The largest absolute Gasteiger partial charge is 0.347 e. The second-order valence-electron chi connectivity index (χ2n) is 6.45. The molecule has 1 aliphatic rings. The summed E-state index contributed by atoms with van der Waals surface area (Å²) in [7, 11) is 2.05. The predicted molar refractivity (Wildman–Crippen MR) is 87.6 cm³/mol. The van der Waals surface area contributed by atoms with Gasteiger partial charge in [-0.15, -0.1) is 0 Å². The third kappa shape index (κ3) is 2.62. The SMILES string of the molecule is Cc1c(CN2CCCC(C)C2)c(=O)c2ccccc2n1C. The molecule has 0 spiro atoms. The Morgan fingerprint density at radius 3 is 2.81 bits per heavy atom. The summed E-state index contributed by atoms with van der Waals surface area (Å²) in [4.78, 5) is 15.3. The zero-order valence-corrected chi connectivity index (χ0v) is 13.2. The fraction of sp³-hybridized carbons (Fsp3) is 0.500. The predicted octanol–water partition coefficient (Wildman–Crippen LogP) is 3.08. The Kier molecular flexibility index (Phi) is 3.85. The van der Waals surface area contributed by atoms with Gasteiger partial charge in [-0.3, -0.25) is 9.69 Å². The number of piperidine rings is 1. The van der Waals surface area contributed by atoms with Crippen molar-refractivity contribution in [2.24, 2.45) is 13.0 Å². The third-order valence-corrected chi connectivity index (χ3v) is 4.85. The summed E-state index contributed by atoms with van der Waals surface area (Å²) in [5.74, 6) is 0.739. The van der Waals surface area contributed by atoms with E-state index in [4.69, 9.17) is 0 Å². The molecule has 3 heteroatoms. The van der Waals surface area contributed by atoms with Crippen LogP contribution >= 0.6 is 0 Å². The van der Waals surface area contributed by atoms with Crippen LogP contribution in [0.5, 0.6) is 0 Å². The maximum atomic E-state index is 12.8. The lowest BCUT2D eigenvalue weighted by atomic mass is 9.99. The van der Waals surface area contributed by atoms with E-state index in [-0.39, 0.29) is 5.43 Å². The summed E-state index contributed by atoms with van der Waals surface area (Å²) in [6.07, 6.45) is 2.55. The average Bonchev–Trinajstić information content (AvgIpc) is 2.49. The van der Waals surface area contributed by atoms with Gasteiger partial charge in [-0.05, 0) is 44.4 Å². The van der Waals surface area contributed by atoms with Crippen molar-refractivity contribution in [2.75, 3.05) is 13.1 Å². The molecule has 0 N–H and O–H groups in total. The Morgan fingerprint density at radius 1 is 1.29 bits per heavy atom. The van der Waals surface area contributed by atoms with Crippen molar-refractivity contribution in [3.63, 3.8) is 0 Å². The molecule has 2 heterocycles. The molecule has 1 fully saturated rings. The summed E-state index contributed by atoms with van der Waals surface area (Å²) in [5.41, 5.74) is 3.29. The minimum Gasteiger partial charge on any atom is -0.347 e. The third-order valence-electron chi connectivity index (χ3n) is 4.85. The molecule has 2 aromatic rings. The normalized spacial score (nSPS) is 20.0. The van der Waals surface area contributed by atoms with Gasteiger partial charge in [0.15, 0.2) is 5.43 Å². The number of rotatable bonds is 2. The summed E-state index contributed by atoms with van der Waals surface area (Å²) < 4.78 is 2.15. The first kappa shape index (κ1) is 14.3. The number of hydrogen-bond acceptors (Lipinski definition) is 2. The number of benzene rings is 1. The molecule has 112 valence electrons. The van der Waals surface area contributed by atoms with E-state index in [0.717, 1.165) is 47.7 Å². The van der Waals surface area contributed by atoms with Crippen molar-refractivity contribution < 1.29 is 0 Å². The number of aryl methyl sites for hydroxylation is 1. The number of fused-ring (bicyclic) bond motifs is 1. The van der Waals surface area contributed by atoms with Crippen LogP contribution in [0, 0.1) is 12.8 Å². The Hall–Kier alpha value is -1.61. The second-order valence-corrected chi connectivity index (χ2v) is 6.45. The first-order valence-corrected chi connectivity index (χ1v) is 7.87. The topological polar surface area (TPSA) is 25.2 Å². The fourth-order valence-electron chi connectivity index (χ4n) is 3.51. The first-order valence-electron chi connectivity index (χ1n) is 7.87. The van der Waals surface area contributed by atoms with Gasteiger partial charge in [0.2, 0.25) is 0 Å². The molecule has 1 aliphatic heterocycles. The summed E-state index contributed by atoms with van der Waals surface area (Å²) in [5, 5.41) is 0.839. The smallest absolute Gasteiger partial charge is 0.194 e. The summed E-state index contributed by atoms with van der Waals surface area (Å²) in [6.45, 7) is 7.37. The fourth-order valence-corrected chi connectivity index (χ4v) is 3.51. The molecule has 1 saturated heterocycles. The molecular formula is C18H24N2O. The van der Waals surface area contributed by atoms with Gasteiger partial charge in [0.05, 0.1) is 5.52 Å². The van der Waals surface area contributed by atoms with Crippen molar-refractivity contribution in [3.05, 3.63) is 45.7 Å². The highest BCUT2D eigenvalue weighted by Gasteiger charge is 2.19. The number of pyridine rings is 1. The molecular weight excluding hydrogens is 260 g/mol. The molecule has 0 amide bonds. The van der Waals surface area contributed by atoms with Crippen LogP contribution in [-0.4, -0.2) is 22.6 Å². The van der Waals surface area contributed by atoms with Crippen LogP contribution in [0.2, 0.25) is 0 Å². The van der Waals surface area contributed by atoms with Crippen molar-refractivity contribution >= 4 is 10.9 Å². The molecule has 21 heavy (non-hydrogen) atoms. The van der Waals surface area contributed by atoms with Crippen LogP contribution < -0.4 is 5.43 Å². The monoisotopic (exact) mass is 284 g/mol. The highest BCUT2D eigenvalue weighted by molar-refractivity contribution is 5.80. The molecule has 0 bridgehead atoms. The molecule has 0 aliphatic carbocycles. The van der Waals surface area contributed by atoms with Crippen LogP contribution in [0.4, 0.5) is 0 Å². The van der Waals surface area contributed by atoms with E-state index in [1.807, 2.05) is 24.3 Å². The minimum atomic E-state index is 0.208. The van der Waals surface area contributed by atoms with Gasteiger partial charge in [0.25, 0.3) is 0 Å². The molecule has 1 unspecified atom stereocenters. The van der Waals surface area contributed by atoms with Crippen LogP contribution in [0.1, 0.15) is 31.0 Å². The number of likely N-dealkylation sites (tertiary alicyclic amines) is 1. The zero-order chi connectivity index (χ0) is 15.0. The quantitative estimate of drug-likeness (QED) is 0.847. The van der Waals surface area contributed by atoms with Crippen molar-refractivity contribution in [2.45, 2.75) is 33.2 Å². The molecule has 1 atom stereocenters. The van der Waals surface area contributed by atoms with E-state index in [9.17, 15) is 4.79 Å². The molecule has 0 radical (unpaired) electrons. The Bertz CT molecular complexity index is 717. The lowest BCUT2D eigenvalue weighted by Gasteiger charge is -2.31. The lowest BCUT2D eigenvalue weighted by Crippen LogP contribution is -2.36. The highest BCUT2D eigenvalue weighted by atomic mass is 16.1. The van der Waals surface area contributed by atoms with Crippen LogP contribution in [0.3, 0.4) is 0 Å². The van der Waals surface area contributed by atoms with E-state index in [1.54, 1.807) is 0 Å². The van der Waals surface area contributed by atoms with Gasteiger partial charge >= 0.3 is 0 Å². The van der Waals surface area contributed by atoms with Gasteiger partial charge in [-0.2, -0.15) is 0 Å². The molecule has 3 nitrogen and oxygen atoms in total. The maximum Gasteiger partial charge on any atom is 0.194 e. The Balaban J connectivity index is 2.04. The van der Waals surface area contributed by atoms with E-state index < -0.39 is 0 Å². The summed E-state index contributed by atoms with van der Waals surface area (Å²) >= 11 is 0. The van der Waals surface area contributed by atoms with E-state index in [0.29, 0.717) is 0 Å². The minimum absolute atomic E-state index is 0.208. The molecule has 1 aromatic carbocycles. The molecule has 3 rings (SSSR count). The van der Waals surface area contributed by atoms with Gasteiger partial charge in [-0.1, -0.05) is 19.1 Å². The Morgan fingerprint density at radius 2 is 2.05 bits per heavy atom. The van der Waals surface area contributed by atoms with E-state index in [1.165, 1.54) is 12.8 Å². The van der Waals surface area contributed by atoms with E-state index in [2.05, 4.69) is 30.4 Å². The highest BCUT2D eigenvalue weighted by Crippen LogP contribution is 2.20. The number of hydrogen-bond donors (Lipinski definition) is 0. The Labute approximate surface area is 126 Å². The lowest BCUT2D eigenvalue weighted by molar-refractivity contribution is 0.175. The van der Waals surface area contributed by atoms with E-state index >= 15 is 0 Å². The van der Waals surface area contributed by atoms with Crippen molar-refractivity contribution in [1.29, 1.82) is 0 Å². The van der Waals surface area contributed by atoms with Gasteiger partial charge < -0.3 is 4.57 Å². The van der Waals surface area contributed by atoms with Gasteiger partial charge in [-0.25, -0.2) is 0 Å². The average molecular weight is 284 g/mol. The van der Waals surface area contributed by atoms with Crippen molar-refractivity contribution in [3.8, 4) is 0 Å². The second kappa shape index (κ2) is 5.64. The number of para-hydroxylation sites is 1.